The van der Waals surface area contributed by atoms with Crippen LogP contribution in [0.15, 0.2) is 65.0 Å². The SMILES string of the molecule is Cc1csc2cc(C(C)n3nc(-c4ccc(OC(F)(F)F)c(F)c4)c4c(N)ncnc43)c(-c3cccc(F)c3)c(=O)n12. The number of hydrogen-bond donors (Lipinski definition) is 1. The maximum atomic E-state index is 14.7. The first-order valence-corrected chi connectivity index (χ1v) is 13.2. The van der Waals surface area contributed by atoms with Gasteiger partial charge in [-0.05, 0) is 61.4 Å². The topological polar surface area (TPSA) is 100 Å². The molecular formula is C28H19F5N6O2S. The normalized spacial score (nSPS) is 12.7. The number of nitrogens with two attached hydrogens (primary N) is 1. The fraction of sp³-hybridized carbons (Fsp3) is 0.143. The highest BCUT2D eigenvalue weighted by molar-refractivity contribution is 7.15. The van der Waals surface area contributed by atoms with Gasteiger partial charge in [-0.15, -0.1) is 24.5 Å². The molecule has 0 aliphatic heterocycles. The van der Waals surface area contributed by atoms with Crippen LogP contribution in [0.25, 0.3) is 38.2 Å². The van der Waals surface area contributed by atoms with Crippen molar-refractivity contribution in [3.63, 3.8) is 0 Å². The predicted octanol–water partition coefficient (Wildman–Crippen LogP) is 6.51. The number of thiazole rings is 1. The number of nitrogens with zero attached hydrogens (tertiary/aromatic N) is 5. The molecule has 6 rings (SSSR count). The van der Waals surface area contributed by atoms with Crippen LogP contribution in [0.3, 0.4) is 0 Å². The molecule has 0 aliphatic carbocycles. The van der Waals surface area contributed by atoms with Gasteiger partial charge in [0, 0.05) is 16.6 Å². The Balaban J connectivity index is 1.57. The van der Waals surface area contributed by atoms with E-state index in [1.165, 1.54) is 46.6 Å². The number of alkyl halides is 3. The molecule has 4 aromatic heterocycles. The number of aryl methyl sites for hydroxylation is 1. The molecular weight excluding hydrogens is 579 g/mol. The number of benzene rings is 2. The highest BCUT2D eigenvalue weighted by Crippen LogP contribution is 2.37. The van der Waals surface area contributed by atoms with Crippen molar-refractivity contribution in [1.29, 1.82) is 0 Å². The van der Waals surface area contributed by atoms with Gasteiger partial charge >= 0.3 is 6.36 Å². The molecule has 0 amide bonds. The van der Waals surface area contributed by atoms with Crippen LogP contribution in [0.2, 0.25) is 0 Å². The molecule has 0 spiro atoms. The molecule has 4 heterocycles. The quantitative estimate of drug-likeness (QED) is 0.227. The van der Waals surface area contributed by atoms with Crippen LogP contribution in [0.5, 0.6) is 5.75 Å². The van der Waals surface area contributed by atoms with E-state index in [2.05, 4.69) is 19.8 Å². The molecule has 2 aromatic carbocycles. The largest absolute Gasteiger partial charge is 0.573 e. The van der Waals surface area contributed by atoms with Gasteiger partial charge in [-0.2, -0.15) is 5.10 Å². The summed E-state index contributed by atoms with van der Waals surface area (Å²) >= 11 is 1.36. The van der Waals surface area contributed by atoms with E-state index >= 15 is 0 Å². The van der Waals surface area contributed by atoms with E-state index in [1.807, 2.05) is 11.4 Å². The van der Waals surface area contributed by atoms with E-state index in [-0.39, 0.29) is 39.2 Å². The molecule has 2 N–H and O–H groups in total. The van der Waals surface area contributed by atoms with Gasteiger partial charge in [-0.25, -0.2) is 23.4 Å². The summed E-state index contributed by atoms with van der Waals surface area (Å²) in [6.07, 6.45) is -3.87. The number of pyridine rings is 1. The second kappa shape index (κ2) is 9.91. The number of fused-ring (bicyclic) bond motifs is 2. The molecule has 1 unspecified atom stereocenters. The summed E-state index contributed by atoms with van der Waals surface area (Å²) in [6, 6.07) is 9.66. The van der Waals surface area contributed by atoms with Gasteiger partial charge in [0.15, 0.2) is 17.2 Å². The molecule has 0 saturated heterocycles. The Labute approximate surface area is 237 Å². The van der Waals surface area contributed by atoms with Crippen molar-refractivity contribution >= 4 is 33.0 Å². The molecule has 0 fully saturated rings. The van der Waals surface area contributed by atoms with Gasteiger partial charge in [0.25, 0.3) is 5.56 Å². The van der Waals surface area contributed by atoms with E-state index in [4.69, 9.17) is 5.73 Å². The standard InChI is InChI=1S/C28H19F5N6O2S/c1-13-11-42-21-10-18(22(27(40)38(13)21)15-4-3-5-17(29)8-15)14(2)39-26-23(25(34)35-12-36-26)24(37-39)16-6-7-20(19(30)9-16)41-28(31,32)33/h3-12,14H,1-2H3,(H2,34,35,36). The number of hydrogen-bond acceptors (Lipinski definition) is 7. The van der Waals surface area contributed by atoms with Crippen molar-refractivity contribution in [2.24, 2.45) is 0 Å². The fourth-order valence-corrected chi connectivity index (χ4v) is 5.87. The Hall–Kier alpha value is -4.85. The van der Waals surface area contributed by atoms with Gasteiger partial charge in [-0.1, -0.05) is 12.1 Å². The van der Waals surface area contributed by atoms with Crippen LogP contribution in [0.1, 0.15) is 24.2 Å². The van der Waals surface area contributed by atoms with Gasteiger partial charge in [0.2, 0.25) is 0 Å². The first-order valence-electron chi connectivity index (χ1n) is 12.4. The first-order chi connectivity index (χ1) is 19.9. The second-order valence-electron chi connectivity index (χ2n) is 9.46. The van der Waals surface area contributed by atoms with E-state index < -0.39 is 29.8 Å². The summed E-state index contributed by atoms with van der Waals surface area (Å²) in [7, 11) is 0. The number of nitrogen functional groups attached to an aromatic ring is 1. The molecule has 0 saturated carbocycles. The smallest absolute Gasteiger partial charge is 0.403 e. The van der Waals surface area contributed by atoms with Crippen LogP contribution >= 0.6 is 11.3 Å². The zero-order valence-electron chi connectivity index (χ0n) is 21.8. The third-order valence-corrected chi connectivity index (χ3v) is 7.79. The van der Waals surface area contributed by atoms with Crippen molar-refractivity contribution in [2.75, 3.05) is 5.73 Å². The lowest BCUT2D eigenvalue weighted by atomic mass is 9.97. The lowest BCUT2D eigenvalue weighted by molar-refractivity contribution is -0.275. The van der Waals surface area contributed by atoms with Gasteiger partial charge < -0.3 is 10.5 Å². The molecule has 8 nitrogen and oxygen atoms in total. The van der Waals surface area contributed by atoms with Crippen molar-refractivity contribution in [3.8, 4) is 28.1 Å². The highest BCUT2D eigenvalue weighted by Gasteiger charge is 2.33. The van der Waals surface area contributed by atoms with Crippen LogP contribution in [0.4, 0.5) is 27.8 Å². The van der Waals surface area contributed by atoms with Crippen molar-refractivity contribution < 1.29 is 26.7 Å². The van der Waals surface area contributed by atoms with Gasteiger partial charge in [-0.3, -0.25) is 9.20 Å². The molecule has 42 heavy (non-hydrogen) atoms. The zero-order chi connectivity index (χ0) is 29.9. The molecule has 0 aliphatic rings. The molecule has 6 aromatic rings. The van der Waals surface area contributed by atoms with Crippen LogP contribution < -0.4 is 16.0 Å². The summed E-state index contributed by atoms with van der Waals surface area (Å²) in [5.74, 6) is -2.80. The van der Waals surface area contributed by atoms with Gasteiger partial charge in [0.05, 0.1) is 17.0 Å². The van der Waals surface area contributed by atoms with E-state index in [0.29, 0.717) is 21.7 Å². The average molecular weight is 599 g/mol. The van der Waals surface area contributed by atoms with Crippen molar-refractivity contribution in [1.82, 2.24) is 24.1 Å². The number of aromatic nitrogens is 5. The second-order valence-corrected chi connectivity index (χ2v) is 10.4. The first kappa shape index (κ1) is 27.3. The van der Waals surface area contributed by atoms with Crippen LogP contribution in [0, 0.1) is 18.6 Å². The Morgan fingerprint density at radius 1 is 1.05 bits per heavy atom. The molecule has 214 valence electrons. The third kappa shape index (κ3) is 4.62. The predicted molar refractivity (Wildman–Crippen MR) is 147 cm³/mol. The summed E-state index contributed by atoms with van der Waals surface area (Å²) in [4.78, 5) is 22.8. The molecule has 1 atom stereocenters. The summed E-state index contributed by atoms with van der Waals surface area (Å²) < 4.78 is 73.8. The third-order valence-electron chi connectivity index (χ3n) is 6.79. The molecule has 0 radical (unpaired) electrons. The fourth-order valence-electron chi connectivity index (χ4n) is 4.94. The lowest BCUT2D eigenvalue weighted by Crippen LogP contribution is -2.21. The Bertz CT molecular complexity index is 2070. The van der Waals surface area contributed by atoms with E-state index in [1.54, 1.807) is 24.3 Å². The minimum atomic E-state index is -5.08. The Morgan fingerprint density at radius 3 is 2.55 bits per heavy atom. The van der Waals surface area contributed by atoms with Crippen LogP contribution in [-0.4, -0.2) is 30.5 Å². The lowest BCUT2D eigenvalue weighted by Gasteiger charge is -2.18. The summed E-state index contributed by atoms with van der Waals surface area (Å²) in [6.45, 7) is 3.55. The summed E-state index contributed by atoms with van der Waals surface area (Å²) in [5.41, 5.74) is 8.05. The van der Waals surface area contributed by atoms with Gasteiger partial charge in [0.1, 0.15) is 28.5 Å². The maximum Gasteiger partial charge on any atom is 0.573 e. The minimum Gasteiger partial charge on any atom is -0.403 e. The maximum absolute atomic E-state index is 14.7. The minimum absolute atomic E-state index is 0.000710. The number of halogens is 5. The highest BCUT2D eigenvalue weighted by atomic mass is 32.1. The number of ether oxygens (including phenoxy) is 1. The van der Waals surface area contributed by atoms with Crippen molar-refractivity contribution in [3.05, 3.63) is 93.5 Å². The molecule has 14 heteroatoms. The molecule has 0 bridgehead atoms. The number of rotatable bonds is 5. The van der Waals surface area contributed by atoms with Crippen LogP contribution in [-0.2, 0) is 0 Å². The zero-order valence-corrected chi connectivity index (χ0v) is 22.6. The van der Waals surface area contributed by atoms with Crippen molar-refractivity contribution in [2.45, 2.75) is 26.3 Å². The summed E-state index contributed by atoms with van der Waals surface area (Å²) in [5, 5.41) is 6.69. The number of anilines is 1. The monoisotopic (exact) mass is 598 g/mol. The average Bonchev–Trinajstić information content (AvgIpc) is 3.50. The van der Waals surface area contributed by atoms with E-state index in [0.717, 1.165) is 12.1 Å². The Kier molecular flexibility index (Phi) is 6.44. The van der Waals surface area contributed by atoms with E-state index in [9.17, 15) is 26.7 Å². The Morgan fingerprint density at radius 2 is 1.83 bits per heavy atom.